The molecule has 1 saturated carbocycles. The first-order valence-corrected chi connectivity index (χ1v) is 8.69. The highest BCUT2D eigenvalue weighted by atomic mass is 35.5. The van der Waals surface area contributed by atoms with Crippen molar-refractivity contribution in [3.63, 3.8) is 0 Å². The number of imide groups is 1. The highest BCUT2D eigenvalue weighted by Crippen LogP contribution is 2.45. The molecule has 1 aromatic carbocycles. The fourth-order valence-electron chi connectivity index (χ4n) is 3.10. The highest BCUT2D eigenvalue weighted by Gasteiger charge is 2.47. The molecule has 1 fully saturated rings. The molecule has 1 heterocycles. The third kappa shape index (κ3) is 3.51. The number of benzene rings is 1. The quantitative estimate of drug-likeness (QED) is 0.816. The highest BCUT2D eigenvalue weighted by molar-refractivity contribution is 6.30. The Labute approximate surface area is 156 Å². The van der Waals surface area contributed by atoms with E-state index in [1.54, 1.807) is 42.1 Å². The Hall–Kier alpha value is -2.60. The Balaban J connectivity index is 1.59. The van der Waals surface area contributed by atoms with Gasteiger partial charge in [-0.15, -0.1) is 0 Å². The molecule has 26 heavy (non-hydrogen) atoms. The SMILES string of the molecule is Cn1cccc1C(=O)NC(=O)COC(=O)C1(c2ccc(Cl)cc2)CCC1. The third-order valence-corrected chi connectivity index (χ3v) is 5.01. The van der Waals surface area contributed by atoms with Crippen LogP contribution in [0.5, 0.6) is 0 Å². The number of halogens is 1. The average Bonchev–Trinajstić information content (AvgIpc) is 3.00. The molecular formula is C19H19ClN2O4. The summed E-state index contributed by atoms with van der Waals surface area (Å²) in [4.78, 5) is 36.5. The number of carbonyl (C=O) groups excluding carboxylic acids is 3. The van der Waals surface area contributed by atoms with Gasteiger partial charge in [-0.25, -0.2) is 0 Å². The van der Waals surface area contributed by atoms with E-state index in [0.717, 1.165) is 12.0 Å². The van der Waals surface area contributed by atoms with Crippen molar-refractivity contribution in [1.29, 1.82) is 0 Å². The van der Waals surface area contributed by atoms with E-state index >= 15 is 0 Å². The van der Waals surface area contributed by atoms with Crippen LogP contribution in [0.1, 0.15) is 35.3 Å². The second-order valence-corrected chi connectivity index (χ2v) is 6.84. The van der Waals surface area contributed by atoms with Crippen molar-refractivity contribution in [2.75, 3.05) is 6.61 Å². The number of hydrogen-bond donors (Lipinski definition) is 1. The first-order chi connectivity index (χ1) is 12.4. The molecule has 0 unspecified atom stereocenters. The van der Waals surface area contributed by atoms with E-state index in [9.17, 15) is 14.4 Å². The smallest absolute Gasteiger partial charge is 0.317 e. The van der Waals surface area contributed by atoms with E-state index in [0.29, 0.717) is 23.6 Å². The summed E-state index contributed by atoms with van der Waals surface area (Å²) in [6, 6.07) is 10.4. The van der Waals surface area contributed by atoms with E-state index in [1.807, 2.05) is 12.1 Å². The lowest BCUT2D eigenvalue weighted by Crippen LogP contribution is -2.45. The lowest BCUT2D eigenvalue weighted by atomic mass is 9.64. The number of esters is 1. The van der Waals surface area contributed by atoms with Crippen molar-refractivity contribution in [3.8, 4) is 0 Å². The van der Waals surface area contributed by atoms with Gasteiger partial charge < -0.3 is 9.30 Å². The summed E-state index contributed by atoms with van der Waals surface area (Å²) in [5, 5.41) is 2.81. The molecule has 2 amide bonds. The van der Waals surface area contributed by atoms with Crippen molar-refractivity contribution < 1.29 is 19.1 Å². The molecule has 0 saturated heterocycles. The van der Waals surface area contributed by atoms with Crippen LogP contribution in [0.15, 0.2) is 42.6 Å². The second kappa shape index (κ2) is 7.33. The first kappa shape index (κ1) is 18.2. The normalized spacial score (nSPS) is 15.0. The summed E-state index contributed by atoms with van der Waals surface area (Å²) in [6.45, 7) is -0.496. The summed E-state index contributed by atoms with van der Waals surface area (Å²) < 4.78 is 6.80. The predicted octanol–water partition coefficient (Wildman–Crippen LogP) is 2.60. The number of carbonyl (C=O) groups is 3. The number of aromatic nitrogens is 1. The summed E-state index contributed by atoms with van der Waals surface area (Å²) in [5.74, 6) is -1.64. The standard InChI is InChI=1S/C19H19ClN2O4/c1-22-11-2-4-15(22)17(24)21-16(23)12-26-18(25)19(9-3-10-19)13-5-7-14(20)8-6-13/h2,4-8,11H,3,9-10,12H2,1H3,(H,21,23,24). The third-order valence-electron chi connectivity index (χ3n) is 4.76. The maximum atomic E-state index is 12.6. The van der Waals surface area contributed by atoms with Crippen LogP contribution in [0.3, 0.4) is 0 Å². The summed E-state index contributed by atoms with van der Waals surface area (Å²) in [5.41, 5.74) is 0.451. The van der Waals surface area contributed by atoms with Crippen LogP contribution in [0.4, 0.5) is 0 Å². The molecule has 0 aliphatic heterocycles. The number of nitrogens with zero attached hydrogens (tertiary/aromatic N) is 1. The zero-order chi connectivity index (χ0) is 18.7. The maximum absolute atomic E-state index is 12.6. The Morgan fingerprint density at radius 1 is 1.19 bits per heavy atom. The van der Waals surface area contributed by atoms with Gasteiger partial charge in [0, 0.05) is 18.3 Å². The van der Waals surface area contributed by atoms with Gasteiger partial charge in [0.15, 0.2) is 6.61 Å². The van der Waals surface area contributed by atoms with E-state index in [2.05, 4.69) is 5.32 Å². The fraction of sp³-hybridized carbons (Fsp3) is 0.316. The van der Waals surface area contributed by atoms with Crippen LogP contribution in [-0.2, 0) is 26.8 Å². The fourth-order valence-corrected chi connectivity index (χ4v) is 3.23. The molecule has 2 aromatic rings. The Kier molecular flexibility index (Phi) is 5.13. The number of hydrogen-bond acceptors (Lipinski definition) is 4. The summed E-state index contributed by atoms with van der Waals surface area (Å²) in [7, 11) is 1.70. The first-order valence-electron chi connectivity index (χ1n) is 8.31. The maximum Gasteiger partial charge on any atom is 0.317 e. The number of ether oxygens (including phenoxy) is 1. The van der Waals surface area contributed by atoms with Crippen molar-refractivity contribution >= 4 is 29.4 Å². The van der Waals surface area contributed by atoms with Gasteiger partial charge in [0.1, 0.15) is 5.69 Å². The molecule has 0 radical (unpaired) electrons. The minimum atomic E-state index is -0.729. The summed E-state index contributed by atoms with van der Waals surface area (Å²) in [6.07, 6.45) is 3.94. The van der Waals surface area contributed by atoms with Crippen LogP contribution in [0.2, 0.25) is 5.02 Å². The average molecular weight is 375 g/mol. The van der Waals surface area contributed by atoms with Crippen LogP contribution in [-0.4, -0.2) is 29.0 Å². The zero-order valence-corrected chi connectivity index (χ0v) is 15.1. The molecule has 1 N–H and O–H groups in total. The molecule has 7 heteroatoms. The van der Waals surface area contributed by atoms with E-state index in [-0.39, 0.29) is 0 Å². The Bertz CT molecular complexity index is 837. The number of rotatable bonds is 5. The van der Waals surface area contributed by atoms with Crippen molar-refractivity contribution in [2.24, 2.45) is 7.05 Å². The molecule has 3 rings (SSSR count). The topological polar surface area (TPSA) is 77.4 Å². The van der Waals surface area contributed by atoms with Gasteiger partial charge in [-0.05, 0) is 42.7 Å². The van der Waals surface area contributed by atoms with Crippen molar-refractivity contribution in [2.45, 2.75) is 24.7 Å². The lowest BCUT2D eigenvalue weighted by molar-refractivity contribution is -0.157. The monoisotopic (exact) mass is 374 g/mol. The van der Waals surface area contributed by atoms with Crippen molar-refractivity contribution in [1.82, 2.24) is 9.88 Å². The van der Waals surface area contributed by atoms with Gasteiger partial charge in [0.25, 0.3) is 11.8 Å². The van der Waals surface area contributed by atoms with Gasteiger partial charge in [-0.3, -0.25) is 19.7 Å². The molecule has 0 atom stereocenters. The second-order valence-electron chi connectivity index (χ2n) is 6.40. The van der Waals surface area contributed by atoms with Crippen molar-refractivity contribution in [3.05, 3.63) is 58.9 Å². The van der Waals surface area contributed by atoms with Gasteiger partial charge in [0.05, 0.1) is 5.41 Å². The molecule has 0 spiro atoms. The van der Waals surface area contributed by atoms with E-state index < -0.39 is 29.8 Å². The van der Waals surface area contributed by atoms with Gasteiger partial charge >= 0.3 is 5.97 Å². The number of amides is 2. The Morgan fingerprint density at radius 3 is 2.42 bits per heavy atom. The molecule has 0 bridgehead atoms. The molecule has 1 aromatic heterocycles. The minimum absolute atomic E-state index is 0.348. The van der Waals surface area contributed by atoms with Crippen LogP contribution in [0, 0.1) is 0 Å². The molecule has 1 aliphatic carbocycles. The number of nitrogens with one attached hydrogen (secondary N) is 1. The Morgan fingerprint density at radius 2 is 1.88 bits per heavy atom. The summed E-state index contributed by atoms with van der Waals surface area (Å²) >= 11 is 5.90. The van der Waals surface area contributed by atoms with Crippen LogP contribution >= 0.6 is 11.6 Å². The van der Waals surface area contributed by atoms with E-state index in [4.69, 9.17) is 16.3 Å². The predicted molar refractivity (Wildman–Crippen MR) is 95.8 cm³/mol. The molecule has 1 aliphatic rings. The number of aryl methyl sites for hydroxylation is 1. The van der Waals surface area contributed by atoms with Crippen LogP contribution < -0.4 is 5.32 Å². The van der Waals surface area contributed by atoms with E-state index in [1.165, 1.54) is 0 Å². The van der Waals surface area contributed by atoms with Gasteiger partial charge in [-0.2, -0.15) is 0 Å². The largest absolute Gasteiger partial charge is 0.455 e. The molecule has 6 nitrogen and oxygen atoms in total. The van der Waals surface area contributed by atoms with Gasteiger partial charge in [-0.1, -0.05) is 30.2 Å². The van der Waals surface area contributed by atoms with Crippen LogP contribution in [0.25, 0.3) is 0 Å². The molecule has 136 valence electrons. The lowest BCUT2D eigenvalue weighted by Gasteiger charge is -2.39. The zero-order valence-electron chi connectivity index (χ0n) is 14.3. The molecular weight excluding hydrogens is 356 g/mol. The van der Waals surface area contributed by atoms with Gasteiger partial charge in [0.2, 0.25) is 0 Å². The minimum Gasteiger partial charge on any atom is -0.455 e.